The van der Waals surface area contributed by atoms with E-state index in [0.717, 1.165) is 66.1 Å². The van der Waals surface area contributed by atoms with Crippen LogP contribution in [0.1, 0.15) is 5.48 Å². The van der Waals surface area contributed by atoms with E-state index < -0.39 is 0 Å². The number of hydrogen-bond donors (Lipinski definition) is 0. The summed E-state index contributed by atoms with van der Waals surface area (Å²) >= 11 is 0. The molecule has 1 heterocycles. The molecule has 0 fully saturated rings. The fourth-order valence-corrected chi connectivity index (χ4v) is 5.84. The van der Waals surface area contributed by atoms with E-state index in [1.54, 1.807) is 0 Å². The summed E-state index contributed by atoms with van der Waals surface area (Å²) < 4.78 is 41.9. The van der Waals surface area contributed by atoms with E-state index in [2.05, 4.69) is 36.4 Å². The molecular formula is C38H24O. The first-order chi connectivity index (χ1) is 21.0. The maximum absolute atomic E-state index is 9.18. The summed E-state index contributed by atoms with van der Waals surface area (Å²) in [6, 6.07) is 39.8. The van der Waals surface area contributed by atoms with Crippen molar-refractivity contribution in [2.45, 2.75) is 0 Å². The lowest BCUT2D eigenvalue weighted by molar-refractivity contribution is 0.631. The van der Waals surface area contributed by atoms with Gasteiger partial charge in [0.2, 0.25) is 0 Å². The van der Waals surface area contributed by atoms with Gasteiger partial charge in [-0.05, 0) is 72.8 Å². The highest BCUT2D eigenvalue weighted by molar-refractivity contribution is 6.23. The third kappa shape index (κ3) is 3.48. The Hall–Kier alpha value is -5.14. The van der Waals surface area contributed by atoms with Crippen molar-refractivity contribution < 1.29 is 9.90 Å². The molecule has 0 aliphatic rings. The van der Waals surface area contributed by atoms with Gasteiger partial charge < -0.3 is 4.42 Å². The molecule has 7 aromatic carbocycles. The van der Waals surface area contributed by atoms with Crippen molar-refractivity contribution in [2.75, 3.05) is 0 Å². The monoisotopic (exact) mass is 500 g/mol. The highest BCUT2D eigenvalue weighted by Crippen LogP contribution is 2.45. The van der Waals surface area contributed by atoms with Crippen LogP contribution in [0.5, 0.6) is 0 Å². The topological polar surface area (TPSA) is 13.1 Å². The Morgan fingerprint density at radius 3 is 1.95 bits per heavy atom. The van der Waals surface area contributed by atoms with Gasteiger partial charge in [-0.15, -0.1) is 0 Å². The standard InChI is InChI=1S/C38H24O/c1-2-12-26(13-3-1)36-24-28-23-27(21-22-35(28)39-36)37-31-16-6-8-18-33(31)38(34-19-9-7-17-32(34)37)30-20-10-14-25-11-4-5-15-29(25)30/h1-24H/i6D,8D,16D,18D. The number of furan rings is 1. The SMILES string of the molecule is [2H]c1c([2H])c([2H])c2c(-c3cccc4ccccc34)c3ccccc3c(-c3ccc4oc(-c5ccccc5)cc4c3)c2c1[2H]. The van der Waals surface area contributed by atoms with E-state index in [4.69, 9.17) is 7.16 Å². The van der Waals surface area contributed by atoms with Crippen LogP contribution in [0.2, 0.25) is 0 Å². The van der Waals surface area contributed by atoms with Crippen LogP contribution in [0.15, 0.2) is 150 Å². The summed E-state index contributed by atoms with van der Waals surface area (Å²) in [5.74, 6) is 0.774. The first-order valence-electron chi connectivity index (χ1n) is 15.0. The molecule has 0 aliphatic heterocycles. The van der Waals surface area contributed by atoms with Crippen LogP contribution < -0.4 is 0 Å². The van der Waals surface area contributed by atoms with Gasteiger partial charge in [-0.1, -0.05) is 127 Å². The molecule has 8 rings (SSSR count). The van der Waals surface area contributed by atoms with Gasteiger partial charge in [-0.3, -0.25) is 0 Å². The zero-order valence-corrected chi connectivity index (χ0v) is 21.0. The van der Waals surface area contributed by atoms with Gasteiger partial charge in [-0.2, -0.15) is 0 Å². The maximum Gasteiger partial charge on any atom is 0.135 e. The van der Waals surface area contributed by atoms with E-state index in [1.807, 2.05) is 84.9 Å². The van der Waals surface area contributed by atoms with Crippen molar-refractivity contribution in [2.24, 2.45) is 0 Å². The van der Waals surface area contributed by atoms with Crippen LogP contribution in [-0.4, -0.2) is 0 Å². The normalized spacial score (nSPS) is 13.0. The summed E-state index contributed by atoms with van der Waals surface area (Å²) in [7, 11) is 0. The number of fused-ring (bicyclic) bond motifs is 4. The zero-order valence-electron chi connectivity index (χ0n) is 25.0. The van der Waals surface area contributed by atoms with Crippen LogP contribution in [0.4, 0.5) is 0 Å². The van der Waals surface area contributed by atoms with E-state index in [0.29, 0.717) is 10.8 Å². The molecule has 0 radical (unpaired) electrons. The summed E-state index contributed by atoms with van der Waals surface area (Å²) in [5, 5.41) is 5.92. The highest BCUT2D eigenvalue weighted by atomic mass is 16.3. The van der Waals surface area contributed by atoms with Crippen LogP contribution in [0.25, 0.3) is 76.9 Å². The summed E-state index contributed by atoms with van der Waals surface area (Å²) in [4.78, 5) is 0. The molecule has 39 heavy (non-hydrogen) atoms. The average molecular weight is 501 g/mol. The van der Waals surface area contributed by atoms with Crippen molar-refractivity contribution >= 4 is 43.3 Å². The summed E-state index contributed by atoms with van der Waals surface area (Å²) in [6.07, 6.45) is 0. The molecule has 1 heteroatoms. The molecule has 0 saturated carbocycles. The first kappa shape index (κ1) is 18.2. The largest absolute Gasteiger partial charge is 0.456 e. The predicted molar refractivity (Wildman–Crippen MR) is 165 cm³/mol. The lowest BCUT2D eigenvalue weighted by Crippen LogP contribution is -1.91. The molecule has 1 nitrogen and oxygen atoms in total. The third-order valence-electron chi connectivity index (χ3n) is 7.58. The average Bonchev–Trinajstić information content (AvgIpc) is 3.49. The molecule has 0 N–H and O–H groups in total. The molecule has 0 spiro atoms. The lowest BCUT2D eigenvalue weighted by atomic mass is 9.84. The second-order valence-electron chi connectivity index (χ2n) is 9.80. The molecule has 8 aromatic rings. The van der Waals surface area contributed by atoms with Crippen molar-refractivity contribution in [1.82, 2.24) is 0 Å². The third-order valence-corrected chi connectivity index (χ3v) is 7.58. The molecule has 0 bridgehead atoms. The molecule has 1 aromatic heterocycles. The first-order valence-corrected chi connectivity index (χ1v) is 13.0. The Bertz CT molecular complexity index is 2380. The minimum atomic E-state index is -0.242. The summed E-state index contributed by atoms with van der Waals surface area (Å²) in [6.45, 7) is 0. The Balaban J connectivity index is 1.52. The van der Waals surface area contributed by atoms with Crippen molar-refractivity contribution in [3.05, 3.63) is 145 Å². The fraction of sp³-hybridized carbons (Fsp3) is 0. The van der Waals surface area contributed by atoms with Gasteiger partial charge in [0.1, 0.15) is 11.3 Å². The van der Waals surface area contributed by atoms with E-state index in [1.165, 1.54) is 0 Å². The Labute approximate surface area is 232 Å². The molecule has 0 unspecified atom stereocenters. The highest BCUT2D eigenvalue weighted by Gasteiger charge is 2.18. The quantitative estimate of drug-likeness (QED) is 0.220. The van der Waals surface area contributed by atoms with Gasteiger partial charge >= 0.3 is 0 Å². The van der Waals surface area contributed by atoms with E-state index in [-0.39, 0.29) is 24.2 Å². The van der Waals surface area contributed by atoms with Gasteiger partial charge in [-0.25, -0.2) is 0 Å². The van der Waals surface area contributed by atoms with Crippen LogP contribution in [-0.2, 0) is 0 Å². The number of hydrogen-bond acceptors (Lipinski definition) is 1. The summed E-state index contributed by atoms with van der Waals surface area (Å²) in [5.41, 5.74) is 5.15. The minimum absolute atomic E-state index is 0.0401. The molecular weight excluding hydrogens is 472 g/mol. The van der Waals surface area contributed by atoms with Crippen molar-refractivity contribution in [3.8, 4) is 33.6 Å². The Morgan fingerprint density at radius 1 is 0.462 bits per heavy atom. The maximum atomic E-state index is 9.18. The second-order valence-corrected chi connectivity index (χ2v) is 9.80. The molecule has 0 saturated heterocycles. The number of benzene rings is 7. The molecule has 0 aliphatic carbocycles. The lowest BCUT2D eigenvalue weighted by Gasteiger charge is -2.18. The van der Waals surface area contributed by atoms with Crippen LogP contribution in [0.3, 0.4) is 0 Å². The van der Waals surface area contributed by atoms with Crippen LogP contribution >= 0.6 is 0 Å². The van der Waals surface area contributed by atoms with Crippen molar-refractivity contribution in [3.63, 3.8) is 0 Å². The smallest absolute Gasteiger partial charge is 0.135 e. The van der Waals surface area contributed by atoms with Gasteiger partial charge in [0.25, 0.3) is 0 Å². The minimum Gasteiger partial charge on any atom is -0.456 e. The molecule has 0 atom stereocenters. The predicted octanol–water partition coefficient (Wildman–Crippen LogP) is 10.9. The number of rotatable bonds is 3. The van der Waals surface area contributed by atoms with Crippen molar-refractivity contribution in [1.29, 1.82) is 0 Å². The van der Waals surface area contributed by atoms with Gasteiger partial charge in [0, 0.05) is 10.9 Å². The zero-order chi connectivity index (χ0) is 29.2. The Kier molecular flexibility index (Phi) is 4.06. The van der Waals surface area contributed by atoms with E-state index in [9.17, 15) is 2.74 Å². The van der Waals surface area contributed by atoms with Crippen LogP contribution in [0, 0.1) is 0 Å². The van der Waals surface area contributed by atoms with Gasteiger partial charge in [0.05, 0.1) is 5.48 Å². The second kappa shape index (κ2) is 8.72. The van der Waals surface area contributed by atoms with E-state index >= 15 is 0 Å². The fourth-order valence-electron chi connectivity index (χ4n) is 5.84. The Morgan fingerprint density at radius 2 is 1.13 bits per heavy atom. The molecule has 182 valence electrons. The molecule has 0 amide bonds. The van der Waals surface area contributed by atoms with Gasteiger partial charge in [0.15, 0.2) is 0 Å².